The van der Waals surface area contributed by atoms with Gasteiger partial charge < -0.3 is 15.3 Å². The number of carbonyl (C=O) groups is 1. The zero-order chi connectivity index (χ0) is 13.9. The Bertz CT molecular complexity index is 460. The van der Waals surface area contributed by atoms with Crippen LogP contribution >= 0.6 is 0 Å². The highest BCUT2D eigenvalue weighted by molar-refractivity contribution is 5.94. The second kappa shape index (κ2) is 5.57. The summed E-state index contributed by atoms with van der Waals surface area (Å²) in [5.41, 5.74) is -0.00968. The Morgan fingerprint density at radius 2 is 2.26 bits per heavy atom. The Morgan fingerprint density at radius 1 is 1.47 bits per heavy atom. The van der Waals surface area contributed by atoms with Crippen LogP contribution in [-0.2, 0) is 0 Å². The fourth-order valence-corrected chi connectivity index (χ4v) is 2.35. The number of pyridine rings is 1. The SMILES string of the molecule is CNc1cc(C(=O)N2CCCC(C)(O)CC2)ccn1. The molecule has 2 heterocycles. The first-order valence-electron chi connectivity index (χ1n) is 6.67. The Hall–Kier alpha value is -1.62. The lowest BCUT2D eigenvalue weighted by Crippen LogP contribution is -2.33. The molecule has 1 unspecified atom stereocenters. The van der Waals surface area contributed by atoms with Crippen LogP contribution < -0.4 is 5.32 Å². The van der Waals surface area contributed by atoms with E-state index >= 15 is 0 Å². The van der Waals surface area contributed by atoms with E-state index < -0.39 is 5.60 Å². The number of rotatable bonds is 2. The second-order valence-electron chi connectivity index (χ2n) is 5.32. The van der Waals surface area contributed by atoms with Crippen molar-refractivity contribution in [1.82, 2.24) is 9.88 Å². The molecule has 1 amide bonds. The zero-order valence-electron chi connectivity index (χ0n) is 11.5. The van der Waals surface area contributed by atoms with Gasteiger partial charge in [-0.05, 0) is 38.3 Å². The summed E-state index contributed by atoms with van der Waals surface area (Å²) in [5.74, 6) is 0.698. The molecule has 0 aromatic carbocycles. The van der Waals surface area contributed by atoms with Crippen molar-refractivity contribution in [2.75, 3.05) is 25.5 Å². The van der Waals surface area contributed by atoms with Crippen molar-refractivity contribution in [2.24, 2.45) is 0 Å². The lowest BCUT2D eigenvalue weighted by atomic mass is 9.98. The first-order chi connectivity index (χ1) is 9.02. The summed E-state index contributed by atoms with van der Waals surface area (Å²) < 4.78 is 0. The van der Waals surface area contributed by atoms with Gasteiger partial charge in [-0.25, -0.2) is 4.98 Å². The highest BCUT2D eigenvalue weighted by Gasteiger charge is 2.27. The van der Waals surface area contributed by atoms with E-state index in [1.165, 1.54) is 0 Å². The van der Waals surface area contributed by atoms with Gasteiger partial charge >= 0.3 is 0 Å². The minimum atomic E-state index is -0.649. The molecule has 0 saturated carbocycles. The molecule has 1 aromatic heterocycles. The maximum atomic E-state index is 12.4. The van der Waals surface area contributed by atoms with Gasteiger partial charge in [-0.2, -0.15) is 0 Å². The van der Waals surface area contributed by atoms with Gasteiger partial charge in [0.25, 0.3) is 5.91 Å². The van der Waals surface area contributed by atoms with E-state index in [4.69, 9.17) is 0 Å². The summed E-state index contributed by atoms with van der Waals surface area (Å²) in [6.45, 7) is 3.14. The van der Waals surface area contributed by atoms with Crippen LogP contribution in [0.2, 0.25) is 0 Å². The molecule has 1 aromatic rings. The van der Waals surface area contributed by atoms with E-state index in [1.807, 2.05) is 11.8 Å². The van der Waals surface area contributed by atoms with Crippen LogP contribution in [-0.4, -0.2) is 46.6 Å². The Labute approximate surface area is 113 Å². The van der Waals surface area contributed by atoms with Crippen LogP contribution in [0.25, 0.3) is 0 Å². The molecule has 2 rings (SSSR count). The Morgan fingerprint density at radius 3 is 3.00 bits per heavy atom. The van der Waals surface area contributed by atoms with Gasteiger partial charge in [0.15, 0.2) is 0 Å². The molecule has 1 aliphatic rings. The number of hydrogen-bond acceptors (Lipinski definition) is 4. The number of likely N-dealkylation sites (tertiary alicyclic amines) is 1. The number of hydrogen-bond donors (Lipinski definition) is 2. The van der Waals surface area contributed by atoms with E-state index in [0.717, 1.165) is 12.8 Å². The standard InChI is InChI=1S/C14H21N3O2/c1-14(19)5-3-8-17(9-6-14)13(18)11-4-7-16-12(10-11)15-2/h4,7,10,19H,3,5-6,8-9H2,1-2H3,(H,15,16). The van der Waals surface area contributed by atoms with Crippen molar-refractivity contribution in [3.05, 3.63) is 23.9 Å². The number of nitrogens with one attached hydrogen (secondary N) is 1. The van der Waals surface area contributed by atoms with Crippen LogP contribution in [0.1, 0.15) is 36.5 Å². The first kappa shape index (κ1) is 13.8. The van der Waals surface area contributed by atoms with Gasteiger partial charge in [-0.1, -0.05) is 0 Å². The van der Waals surface area contributed by atoms with Gasteiger partial charge in [-0.15, -0.1) is 0 Å². The summed E-state index contributed by atoms with van der Waals surface area (Å²) >= 11 is 0. The van der Waals surface area contributed by atoms with Gasteiger partial charge in [0.05, 0.1) is 5.60 Å². The van der Waals surface area contributed by atoms with Gasteiger partial charge in [0.1, 0.15) is 5.82 Å². The largest absolute Gasteiger partial charge is 0.390 e. The van der Waals surface area contributed by atoms with Crippen molar-refractivity contribution >= 4 is 11.7 Å². The fraction of sp³-hybridized carbons (Fsp3) is 0.571. The monoisotopic (exact) mass is 263 g/mol. The lowest BCUT2D eigenvalue weighted by molar-refractivity contribution is 0.0438. The van der Waals surface area contributed by atoms with Crippen molar-refractivity contribution in [3.63, 3.8) is 0 Å². The quantitative estimate of drug-likeness (QED) is 0.848. The molecule has 0 aliphatic carbocycles. The van der Waals surface area contributed by atoms with E-state index in [0.29, 0.717) is 30.9 Å². The third-order valence-corrected chi connectivity index (χ3v) is 3.61. The molecule has 5 nitrogen and oxygen atoms in total. The van der Waals surface area contributed by atoms with Crippen LogP contribution in [0.5, 0.6) is 0 Å². The lowest BCUT2D eigenvalue weighted by Gasteiger charge is -2.22. The van der Waals surface area contributed by atoms with Crippen molar-refractivity contribution in [1.29, 1.82) is 0 Å². The predicted molar refractivity (Wildman–Crippen MR) is 74.2 cm³/mol. The molecule has 104 valence electrons. The number of carbonyl (C=O) groups excluding carboxylic acids is 1. The number of nitrogens with zero attached hydrogens (tertiary/aromatic N) is 2. The Balaban J connectivity index is 2.10. The number of anilines is 1. The van der Waals surface area contributed by atoms with Crippen LogP contribution in [0.4, 0.5) is 5.82 Å². The number of aliphatic hydroxyl groups is 1. The van der Waals surface area contributed by atoms with Crippen molar-refractivity contribution < 1.29 is 9.90 Å². The molecule has 2 N–H and O–H groups in total. The molecule has 19 heavy (non-hydrogen) atoms. The molecule has 0 spiro atoms. The summed E-state index contributed by atoms with van der Waals surface area (Å²) in [7, 11) is 1.78. The Kier molecular flexibility index (Phi) is 4.04. The molecule has 1 fully saturated rings. The van der Waals surface area contributed by atoms with Gasteiger partial charge in [0.2, 0.25) is 0 Å². The molecule has 5 heteroatoms. The maximum absolute atomic E-state index is 12.4. The first-order valence-corrected chi connectivity index (χ1v) is 6.67. The van der Waals surface area contributed by atoms with Crippen molar-refractivity contribution in [3.8, 4) is 0 Å². The number of aromatic nitrogens is 1. The summed E-state index contributed by atoms with van der Waals surface area (Å²) in [5, 5.41) is 13.0. The van der Waals surface area contributed by atoms with E-state index in [-0.39, 0.29) is 5.91 Å². The molecular formula is C14H21N3O2. The fourth-order valence-electron chi connectivity index (χ4n) is 2.35. The van der Waals surface area contributed by atoms with E-state index in [9.17, 15) is 9.90 Å². The predicted octanol–water partition coefficient (Wildman–Crippen LogP) is 1.50. The normalized spacial score (nSPS) is 23.8. The molecule has 1 aliphatic heterocycles. The van der Waals surface area contributed by atoms with Crippen LogP contribution in [0, 0.1) is 0 Å². The highest BCUT2D eigenvalue weighted by atomic mass is 16.3. The minimum absolute atomic E-state index is 0.0107. The zero-order valence-corrected chi connectivity index (χ0v) is 11.5. The number of amides is 1. The second-order valence-corrected chi connectivity index (χ2v) is 5.32. The minimum Gasteiger partial charge on any atom is -0.390 e. The van der Waals surface area contributed by atoms with E-state index in [2.05, 4.69) is 10.3 Å². The van der Waals surface area contributed by atoms with Gasteiger partial charge in [0, 0.05) is 31.9 Å². The summed E-state index contributed by atoms with van der Waals surface area (Å²) in [4.78, 5) is 18.3. The topological polar surface area (TPSA) is 65.5 Å². The van der Waals surface area contributed by atoms with Crippen LogP contribution in [0.3, 0.4) is 0 Å². The molecular weight excluding hydrogens is 242 g/mol. The molecule has 0 bridgehead atoms. The average molecular weight is 263 g/mol. The summed E-state index contributed by atoms with van der Waals surface area (Å²) in [6, 6.07) is 3.48. The third kappa shape index (κ3) is 3.44. The maximum Gasteiger partial charge on any atom is 0.254 e. The molecule has 1 saturated heterocycles. The molecule has 1 atom stereocenters. The van der Waals surface area contributed by atoms with Crippen molar-refractivity contribution in [2.45, 2.75) is 31.8 Å². The van der Waals surface area contributed by atoms with E-state index in [1.54, 1.807) is 25.4 Å². The molecule has 0 radical (unpaired) electrons. The van der Waals surface area contributed by atoms with Gasteiger partial charge in [-0.3, -0.25) is 4.79 Å². The highest BCUT2D eigenvalue weighted by Crippen LogP contribution is 2.22. The average Bonchev–Trinajstić information content (AvgIpc) is 2.59. The third-order valence-electron chi connectivity index (χ3n) is 3.61. The summed E-state index contributed by atoms with van der Waals surface area (Å²) in [6.07, 6.45) is 3.84. The van der Waals surface area contributed by atoms with Crippen LogP contribution in [0.15, 0.2) is 18.3 Å². The smallest absolute Gasteiger partial charge is 0.254 e.